The Kier molecular flexibility index (Phi) is 3.85. The maximum Gasteiger partial charge on any atom is 0.128 e. The number of benzene rings is 1. The minimum atomic E-state index is 0.288. The van der Waals surface area contributed by atoms with Crippen LogP contribution in [0.4, 0.5) is 11.5 Å². The number of nitrogens with two attached hydrogens (primary N) is 1. The second-order valence-corrected chi connectivity index (χ2v) is 5.23. The summed E-state index contributed by atoms with van der Waals surface area (Å²) < 4.78 is 1.92. The fourth-order valence-electron chi connectivity index (χ4n) is 1.93. The van der Waals surface area contributed by atoms with E-state index in [9.17, 15) is 0 Å². The molecule has 0 atom stereocenters. The number of aryl methyl sites for hydroxylation is 1. The Hall–Kier alpha value is -1.88. The normalized spacial score (nSPS) is 10.7. The van der Waals surface area contributed by atoms with Crippen LogP contribution in [0.1, 0.15) is 31.0 Å². The van der Waals surface area contributed by atoms with Gasteiger partial charge in [-0.3, -0.25) is 0 Å². The lowest BCUT2D eigenvalue weighted by Gasteiger charge is -2.15. The molecule has 2 rings (SSSR count). The molecule has 100 valence electrons. The molecule has 0 unspecified atom stereocenters. The highest BCUT2D eigenvalue weighted by Crippen LogP contribution is 2.23. The molecule has 1 aromatic carbocycles. The van der Waals surface area contributed by atoms with Gasteiger partial charge in [-0.15, -0.1) is 0 Å². The molecule has 3 N–H and O–H groups in total. The van der Waals surface area contributed by atoms with Crippen molar-refractivity contribution >= 4 is 28.7 Å². The Balaban J connectivity index is 2.38. The Labute approximate surface area is 118 Å². The van der Waals surface area contributed by atoms with Crippen molar-refractivity contribution in [3.05, 3.63) is 41.6 Å². The van der Waals surface area contributed by atoms with Gasteiger partial charge in [0.15, 0.2) is 0 Å². The predicted octanol–water partition coefficient (Wildman–Crippen LogP) is 3.15. The first kappa shape index (κ1) is 13.5. The highest BCUT2D eigenvalue weighted by molar-refractivity contribution is 7.80. The first-order valence-corrected chi connectivity index (χ1v) is 6.61. The van der Waals surface area contributed by atoms with Crippen LogP contribution in [-0.2, 0) is 0 Å². The highest BCUT2D eigenvalue weighted by Gasteiger charge is 2.10. The number of anilines is 2. The van der Waals surface area contributed by atoms with Crippen LogP contribution in [-0.4, -0.2) is 14.8 Å². The smallest absolute Gasteiger partial charge is 0.128 e. The molecule has 0 aliphatic heterocycles. The van der Waals surface area contributed by atoms with Crippen LogP contribution in [0.5, 0.6) is 0 Å². The Bertz CT molecular complexity index is 601. The van der Waals surface area contributed by atoms with Gasteiger partial charge in [0.1, 0.15) is 10.8 Å². The summed E-state index contributed by atoms with van der Waals surface area (Å²) >= 11 is 5.10. The third kappa shape index (κ3) is 2.93. The zero-order valence-electron chi connectivity index (χ0n) is 11.3. The number of aromatic nitrogens is 2. The van der Waals surface area contributed by atoms with E-state index < -0.39 is 0 Å². The molecule has 5 heteroatoms. The topological polar surface area (TPSA) is 55.9 Å². The van der Waals surface area contributed by atoms with Crippen LogP contribution in [0.3, 0.4) is 0 Å². The molecule has 0 fully saturated rings. The Morgan fingerprint density at radius 2 is 2.11 bits per heavy atom. The highest BCUT2D eigenvalue weighted by atomic mass is 32.1. The fourth-order valence-corrected chi connectivity index (χ4v) is 2.10. The summed E-state index contributed by atoms with van der Waals surface area (Å²) in [7, 11) is 0. The second kappa shape index (κ2) is 5.40. The number of thiocarbonyl (C=S) groups is 1. The van der Waals surface area contributed by atoms with Gasteiger partial charge in [0.2, 0.25) is 0 Å². The summed E-state index contributed by atoms with van der Waals surface area (Å²) in [5, 5.41) is 7.64. The van der Waals surface area contributed by atoms with Gasteiger partial charge < -0.3 is 11.1 Å². The average Bonchev–Trinajstić information content (AvgIpc) is 2.79. The van der Waals surface area contributed by atoms with Gasteiger partial charge in [0, 0.05) is 23.4 Å². The standard InChI is InChI=1S/C14H18N4S/c1-9(2)18-13(6-7-16-18)17-12-5-4-10(3)8-11(12)14(15)19/h4-9,17H,1-3H3,(H2,15,19). The first-order valence-electron chi connectivity index (χ1n) is 6.20. The maximum absolute atomic E-state index is 5.78. The SMILES string of the molecule is Cc1ccc(Nc2ccnn2C(C)C)c(C(N)=S)c1. The molecule has 0 saturated carbocycles. The van der Waals surface area contributed by atoms with Crippen LogP contribution in [0.25, 0.3) is 0 Å². The van der Waals surface area contributed by atoms with Crippen molar-refractivity contribution in [1.29, 1.82) is 0 Å². The molecular formula is C14H18N4S. The van der Waals surface area contributed by atoms with Gasteiger partial charge in [-0.2, -0.15) is 5.10 Å². The Morgan fingerprint density at radius 1 is 1.37 bits per heavy atom. The molecule has 1 heterocycles. The van der Waals surface area contributed by atoms with E-state index >= 15 is 0 Å². The van der Waals surface area contributed by atoms with Crippen LogP contribution >= 0.6 is 12.2 Å². The molecule has 0 radical (unpaired) electrons. The molecule has 0 saturated heterocycles. The van der Waals surface area contributed by atoms with Crippen molar-refractivity contribution in [3.8, 4) is 0 Å². The van der Waals surface area contributed by atoms with Crippen molar-refractivity contribution in [2.45, 2.75) is 26.8 Å². The van der Waals surface area contributed by atoms with Crippen LogP contribution in [0.2, 0.25) is 0 Å². The molecule has 0 aliphatic rings. The molecule has 1 aromatic heterocycles. The second-order valence-electron chi connectivity index (χ2n) is 4.79. The number of hydrogen-bond acceptors (Lipinski definition) is 3. The van der Waals surface area contributed by atoms with Gasteiger partial charge in [-0.1, -0.05) is 23.8 Å². The molecule has 0 bridgehead atoms. The lowest BCUT2D eigenvalue weighted by Crippen LogP contribution is -2.13. The zero-order chi connectivity index (χ0) is 14.0. The summed E-state index contributed by atoms with van der Waals surface area (Å²) in [5.74, 6) is 0.927. The third-order valence-corrected chi connectivity index (χ3v) is 3.08. The Morgan fingerprint density at radius 3 is 2.74 bits per heavy atom. The number of rotatable bonds is 4. The summed E-state index contributed by atoms with van der Waals surface area (Å²) in [5.41, 5.74) is 8.67. The monoisotopic (exact) mass is 274 g/mol. The van der Waals surface area contributed by atoms with E-state index in [0.717, 1.165) is 22.6 Å². The lowest BCUT2D eigenvalue weighted by molar-refractivity contribution is 0.540. The van der Waals surface area contributed by atoms with Gasteiger partial charge in [-0.25, -0.2) is 4.68 Å². The predicted molar refractivity (Wildman–Crippen MR) is 83.0 cm³/mol. The van der Waals surface area contributed by atoms with E-state index in [-0.39, 0.29) is 6.04 Å². The van der Waals surface area contributed by atoms with Gasteiger partial charge in [0.25, 0.3) is 0 Å². The van der Waals surface area contributed by atoms with Crippen LogP contribution in [0, 0.1) is 6.92 Å². The minimum Gasteiger partial charge on any atom is -0.389 e. The maximum atomic E-state index is 5.78. The van der Waals surface area contributed by atoms with Crippen molar-refractivity contribution in [3.63, 3.8) is 0 Å². The molecule has 19 heavy (non-hydrogen) atoms. The molecule has 0 amide bonds. The van der Waals surface area contributed by atoms with E-state index in [1.54, 1.807) is 6.20 Å². The molecule has 0 spiro atoms. The minimum absolute atomic E-state index is 0.288. The van der Waals surface area contributed by atoms with Crippen molar-refractivity contribution in [1.82, 2.24) is 9.78 Å². The van der Waals surface area contributed by atoms with Gasteiger partial charge in [-0.05, 0) is 32.9 Å². The van der Waals surface area contributed by atoms with Crippen LogP contribution < -0.4 is 11.1 Å². The van der Waals surface area contributed by atoms with Gasteiger partial charge >= 0.3 is 0 Å². The summed E-state index contributed by atoms with van der Waals surface area (Å²) in [6.07, 6.45) is 1.77. The van der Waals surface area contributed by atoms with E-state index in [2.05, 4.69) is 24.3 Å². The first-order chi connectivity index (χ1) is 8.99. The number of nitrogens with zero attached hydrogens (tertiary/aromatic N) is 2. The van der Waals surface area contributed by atoms with Crippen molar-refractivity contribution in [2.75, 3.05) is 5.32 Å². The largest absolute Gasteiger partial charge is 0.389 e. The number of hydrogen-bond donors (Lipinski definition) is 2. The third-order valence-electron chi connectivity index (χ3n) is 2.86. The molecular weight excluding hydrogens is 256 g/mol. The quantitative estimate of drug-likeness (QED) is 0.841. The van der Waals surface area contributed by atoms with E-state index in [1.165, 1.54) is 0 Å². The zero-order valence-corrected chi connectivity index (χ0v) is 12.2. The lowest BCUT2D eigenvalue weighted by atomic mass is 10.1. The van der Waals surface area contributed by atoms with Crippen molar-refractivity contribution < 1.29 is 0 Å². The summed E-state index contributed by atoms with van der Waals surface area (Å²) in [4.78, 5) is 0.391. The van der Waals surface area contributed by atoms with Gasteiger partial charge in [0.05, 0.1) is 6.20 Å². The molecule has 0 aliphatic carbocycles. The van der Waals surface area contributed by atoms with E-state index in [1.807, 2.05) is 35.9 Å². The fraction of sp³-hybridized carbons (Fsp3) is 0.286. The molecule has 4 nitrogen and oxygen atoms in total. The molecule has 2 aromatic rings. The van der Waals surface area contributed by atoms with E-state index in [0.29, 0.717) is 4.99 Å². The summed E-state index contributed by atoms with van der Waals surface area (Å²) in [6, 6.07) is 8.22. The van der Waals surface area contributed by atoms with Crippen molar-refractivity contribution in [2.24, 2.45) is 5.73 Å². The number of nitrogens with one attached hydrogen (secondary N) is 1. The average molecular weight is 274 g/mol. The van der Waals surface area contributed by atoms with Crippen LogP contribution in [0.15, 0.2) is 30.5 Å². The summed E-state index contributed by atoms with van der Waals surface area (Å²) in [6.45, 7) is 6.19. The van der Waals surface area contributed by atoms with E-state index in [4.69, 9.17) is 18.0 Å².